The van der Waals surface area contributed by atoms with Crippen LogP contribution in [0.1, 0.15) is 18.4 Å². The number of benzene rings is 2. The van der Waals surface area contributed by atoms with Gasteiger partial charge in [0.1, 0.15) is 11.6 Å². The molecule has 3 nitrogen and oxygen atoms in total. The fourth-order valence-corrected chi connectivity index (χ4v) is 2.07. The van der Waals surface area contributed by atoms with E-state index < -0.39 is 0 Å². The standard InChI is InChI=1S/C18H20FNO2/c19-17-10-5-4-7-15(17)12-13-20-18(21)11-6-14-22-16-8-2-1-3-9-16/h1-5,7-10H,6,11-14H2,(H,20,21). The van der Waals surface area contributed by atoms with Crippen LogP contribution in [0, 0.1) is 5.82 Å². The van der Waals surface area contributed by atoms with E-state index in [1.165, 1.54) is 6.07 Å². The lowest BCUT2D eigenvalue weighted by atomic mass is 10.1. The summed E-state index contributed by atoms with van der Waals surface area (Å²) in [5, 5.41) is 2.80. The molecule has 0 aliphatic rings. The average Bonchev–Trinajstić information content (AvgIpc) is 2.54. The van der Waals surface area contributed by atoms with Crippen LogP contribution in [0.25, 0.3) is 0 Å². The molecule has 116 valence electrons. The minimum Gasteiger partial charge on any atom is -0.494 e. The monoisotopic (exact) mass is 301 g/mol. The van der Waals surface area contributed by atoms with Crippen LogP contribution in [0.5, 0.6) is 5.75 Å². The first-order valence-corrected chi connectivity index (χ1v) is 7.43. The van der Waals surface area contributed by atoms with Crippen molar-refractivity contribution < 1.29 is 13.9 Å². The number of para-hydroxylation sites is 1. The molecule has 2 aromatic rings. The Labute approximate surface area is 130 Å². The summed E-state index contributed by atoms with van der Waals surface area (Å²) in [5.74, 6) is 0.545. The molecular weight excluding hydrogens is 281 g/mol. The highest BCUT2D eigenvalue weighted by molar-refractivity contribution is 5.75. The Kier molecular flexibility index (Phi) is 6.42. The summed E-state index contributed by atoms with van der Waals surface area (Å²) in [6.45, 7) is 0.948. The van der Waals surface area contributed by atoms with E-state index in [1.807, 2.05) is 30.3 Å². The van der Waals surface area contributed by atoms with E-state index >= 15 is 0 Å². The van der Waals surface area contributed by atoms with Crippen LogP contribution in [0.3, 0.4) is 0 Å². The van der Waals surface area contributed by atoms with Gasteiger partial charge in [-0.25, -0.2) is 4.39 Å². The van der Waals surface area contributed by atoms with Crippen molar-refractivity contribution in [3.8, 4) is 5.75 Å². The zero-order chi connectivity index (χ0) is 15.6. The molecule has 0 saturated heterocycles. The Bertz CT molecular complexity index is 587. The minimum atomic E-state index is -0.229. The normalized spacial score (nSPS) is 10.2. The predicted molar refractivity (Wildman–Crippen MR) is 84.3 cm³/mol. The molecule has 0 aromatic heterocycles. The first kappa shape index (κ1) is 16.0. The maximum Gasteiger partial charge on any atom is 0.220 e. The summed E-state index contributed by atoms with van der Waals surface area (Å²) in [6.07, 6.45) is 1.56. The second-order valence-electron chi connectivity index (χ2n) is 4.96. The SMILES string of the molecule is O=C(CCCOc1ccccc1)NCCc1ccccc1F. The molecule has 22 heavy (non-hydrogen) atoms. The fourth-order valence-electron chi connectivity index (χ4n) is 2.07. The first-order valence-electron chi connectivity index (χ1n) is 7.43. The first-order chi connectivity index (χ1) is 10.8. The predicted octanol–water partition coefficient (Wildman–Crippen LogP) is 3.34. The van der Waals surface area contributed by atoms with E-state index in [0.717, 1.165) is 5.75 Å². The number of rotatable bonds is 8. The Morgan fingerprint density at radius 2 is 1.77 bits per heavy atom. The molecule has 0 atom stereocenters. The molecule has 0 spiro atoms. The molecule has 2 aromatic carbocycles. The lowest BCUT2D eigenvalue weighted by Gasteiger charge is -2.07. The molecule has 2 rings (SSSR count). The van der Waals surface area contributed by atoms with E-state index in [9.17, 15) is 9.18 Å². The number of amides is 1. The third-order valence-electron chi connectivity index (χ3n) is 3.23. The Morgan fingerprint density at radius 3 is 2.55 bits per heavy atom. The zero-order valence-electron chi connectivity index (χ0n) is 12.4. The molecule has 0 heterocycles. The number of carbonyl (C=O) groups excluding carboxylic acids is 1. The van der Waals surface area contributed by atoms with Crippen molar-refractivity contribution in [3.63, 3.8) is 0 Å². The second-order valence-corrected chi connectivity index (χ2v) is 4.96. The van der Waals surface area contributed by atoms with Crippen LogP contribution in [-0.2, 0) is 11.2 Å². The quantitative estimate of drug-likeness (QED) is 0.759. The van der Waals surface area contributed by atoms with Gasteiger partial charge in [-0.1, -0.05) is 36.4 Å². The highest BCUT2D eigenvalue weighted by Crippen LogP contribution is 2.09. The van der Waals surface area contributed by atoms with E-state index in [1.54, 1.807) is 18.2 Å². The van der Waals surface area contributed by atoms with Crippen LogP contribution < -0.4 is 10.1 Å². The Hall–Kier alpha value is -2.36. The molecule has 0 radical (unpaired) electrons. The Balaban J connectivity index is 1.57. The lowest BCUT2D eigenvalue weighted by Crippen LogP contribution is -2.26. The van der Waals surface area contributed by atoms with Gasteiger partial charge in [-0.2, -0.15) is 0 Å². The van der Waals surface area contributed by atoms with Gasteiger partial charge in [-0.15, -0.1) is 0 Å². The number of nitrogens with one attached hydrogen (secondary N) is 1. The van der Waals surface area contributed by atoms with Crippen LogP contribution in [-0.4, -0.2) is 19.1 Å². The van der Waals surface area contributed by atoms with Gasteiger partial charge in [0, 0.05) is 13.0 Å². The molecule has 0 fully saturated rings. The highest BCUT2D eigenvalue weighted by atomic mass is 19.1. The topological polar surface area (TPSA) is 38.3 Å². The van der Waals surface area contributed by atoms with Crippen molar-refractivity contribution in [2.24, 2.45) is 0 Å². The minimum absolute atomic E-state index is 0.0343. The van der Waals surface area contributed by atoms with Gasteiger partial charge in [-0.05, 0) is 36.6 Å². The molecule has 1 N–H and O–H groups in total. The number of halogens is 1. The average molecular weight is 301 g/mol. The van der Waals surface area contributed by atoms with Crippen molar-refractivity contribution in [1.29, 1.82) is 0 Å². The molecule has 4 heteroatoms. The van der Waals surface area contributed by atoms with Crippen LogP contribution in [0.2, 0.25) is 0 Å². The van der Waals surface area contributed by atoms with Gasteiger partial charge in [0.2, 0.25) is 5.91 Å². The summed E-state index contributed by atoms with van der Waals surface area (Å²) in [7, 11) is 0. The van der Waals surface area contributed by atoms with E-state index in [0.29, 0.717) is 38.0 Å². The summed E-state index contributed by atoms with van der Waals surface area (Å²) in [5.41, 5.74) is 0.621. The lowest BCUT2D eigenvalue weighted by molar-refractivity contribution is -0.121. The summed E-state index contributed by atoms with van der Waals surface area (Å²) < 4.78 is 18.9. The van der Waals surface area contributed by atoms with Gasteiger partial charge in [0.15, 0.2) is 0 Å². The third-order valence-corrected chi connectivity index (χ3v) is 3.23. The van der Waals surface area contributed by atoms with E-state index in [-0.39, 0.29) is 11.7 Å². The third kappa shape index (κ3) is 5.56. The van der Waals surface area contributed by atoms with Gasteiger partial charge in [0.05, 0.1) is 6.61 Å². The second kappa shape index (κ2) is 8.82. The highest BCUT2D eigenvalue weighted by Gasteiger charge is 2.03. The molecule has 0 bridgehead atoms. The zero-order valence-corrected chi connectivity index (χ0v) is 12.4. The number of carbonyl (C=O) groups is 1. The maximum absolute atomic E-state index is 13.4. The molecule has 0 aliphatic carbocycles. The van der Waals surface area contributed by atoms with Gasteiger partial charge in [0.25, 0.3) is 0 Å². The number of hydrogen-bond acceptors (Lipinski definition) is 2. The van der Waals surface area contributed by atoms with Crippen LogP contribution >= 0.6 is 0 Å². The number of ether oxygens (including phenoxy) is 1. The van der Waals surface area contributed by atoms with Gasteiger partial charge in [-0.3, -0.25) is 4.79 Å². The molecule has 0 aliphatic heterocycles. The molecule has 0 unspecified atom stereocenters. The van der Waals surface area contributed by atoms with Crippen LogP contribution in [0.4, 0.5) is 4.39 Å². The summed E-state index contributed by atoms with van der Waals surface area (Å²) >= 11 is 0. The fraction of sp³-hybridized carbons (Fsp3) is 0.278. The summed E-state index contributed by atoms with van der Waals surface area (Å²) in [6, 6.07) is 16.1. The van der Waals surface area contributed by atoms with Crippen molar-refractivity contribution in [2.45, 2.75) is 19.3 Å². The van der Waals surface area contributed by atoms with E-state index in [2.05, 4.69) is 5.32 Å². The Morgan fingerprint density at radius 1 is 1.05 bits per heavy atom. The van der Waals surface area contributed by atoms with E-state index in [4.69, 9.17) is 4.74 Å². The molecular formula is C18H20FNO2. The smallest absolute Gasteiger partial charge is 0.220 e. The van der Waals surface area contributed by atoms with Gasteiger partial charge < -0.3 is 10.1 Å². The number of hydrogen-bond donors (Lipinski definition) is 1. The van der Waals surface area contributed by atoms with Crippen molar-refractivity contribution in [2.75, 3.05) is 13.2 Å². The summed E-state index contributed by atoms with van der Waals surface area (Å²) in [4.78, 5) is 11.7. The molecule has 0 saturated carbocycles. The van der Waals surface area contributed by atoms with Crippen molar-refractivity contribution in [3.05, 3.63) is 66.0 Å². The van der Waals surface area contributed by atoms with Crippen LogP contribution in [0.15, 0.2) is 54.6 Å². The van der Waals surface area contributed by atoms with Gasteiger partial charge >= 0.3 is 0 Å². The molecule has 1 amide bonds. The van der Waals surface area contributed by atoms with Crippen molar-refractivity contribution >= 4 is 5.91 Å². The largest absolute Gasteiger partial charge is 0.494 e. The maximum atomic E-state index is 13.4. The van der Waals surface area contributed by atoms with Crippen molar-refractivity contribution in [1.82, 2.24) is 5.32 Å².